The van der Waals surface area contributed by atoms with Crippen molar-refractivity contribution in [2.75, 3.05) is 32.8 Å². The van der Waals surface area contributed by atoms with Crippen molar-refractivity contribution in [1.82, 2.24) is 9.80 Å². The first-order chi connectivity index (χ1) is 15.3. The lowest BCUT2D eigenvalue weighted by molar-refractivity contribution is -0.161. The van der Waals surface area contributed by atoms with Crippen molar-refractivity contribution in [1.29, 1.82) is 0 Å². The molecule has 1 aromatic rings. The molecule has 0 radical (unpaired) electrons. The Bertz CT molecular complexity index is 847. The van der Waals surface area contributed by atoms with Gasteiger partial charge in [0.15, 0.2) is 0 Å². The summed E-state index contributed by atoms with van der Waals surface area (Å²) in [5.41, 5.74) is -0.830. The summed E-state index contributed by atoms with van der Waals surface area (Å²) in [4.78, 5) is 41.2. The molecular weight excluding hydrogens is 418 g/mol. The highest BCUT2D eigenvalue weighted by molar-refractivity contribution is 5.81. The van der Waals surface area contributed by atoms with Gasteiger partial charge in [-0.15, -0.1) is 0 Å². The van der Waals surface area contributed by atoms with Crippen molar-refractivity contribution in [2.45, 2.75) is 58.3 Å². The van der Waals surface area contributed by atoms with Crippen molar-refractivity contribution in [3.05, 3.63) is 35.4 Å². The second-order valence-corrected chi connectivity index (χ2v) is 8.77. The van der Waals surface area contributed by atoms with Crippen LogP contribution in [0, 0.1) is 17.0 Å². The summed E-state index contributed by atoms with van der Waals surface area (Å²) in [6.45, 7) is 3.86. The number of hydrogen-bond acceptors (Lipinski definition) is 4. The zero-order valence-electron chi connectivity index (χ0n) is 18.7. The summed E-state index contributed by atoms with van der Waals surface area (Å²) < 4.78 is 33.0. The Hall–Kier alpha value is -2.51. The van der Waals surface area contributed by atoms with Crippen LogP contribution in [-0.4, -0.2) is 60.4 Å². The average Bonchev–Trinajstić information content (AvgIpc) is 2.77. The molecule has 0 bridgehead atoms. The van der Waals surface area contributed by atoms with Gasteiger partial charge in [-0.05, 0) is 57.1 Å². The lowest BCUT2D eigenvalue weighted by Crippen LogP contribution is -2.51. The zero-order chi connectivity index (χ0) is 23.1. The van der Waals surface area contributed by atoms with E-state index in [1.54, 1.807) is 11.8 Å². The Morgan fingerprint density at radius 2 is 1.97 bits per heavy atom. The van der Waals surface area contributed by atoms with Gasteiger partial charge in [0.1, 0.15) is 11.6 Å². The molecule has 2 aliphatic rings. The third-order valence-corrected chi connectivity index (χ3v) is 6.42. The van der Waals surface area contributed by atoms with E-state index in [-0.39, 0.29) is 43.4 Å². The van der Waals surface area contributed by atoms with Crippen molar-refractivity contribution in [3.63, 3.8) is 0 Å². The van der Waals surface area contributed by atoms with Crippen molar-refractivity contribution < 1.29 is 27.9 Å². The molecule has 2 amide bonds. The number of nitrogens with zero attached hydrogens (tertiary/aromatic N) is 2. The number of hydrogen-bond donors (Lipinski definition) is 0. The number of benzene rings is 1. The summed E-state index contributed by atoms with van der Waals surface area (Å²) in [6, 6.07) is 3.33. The standard InChI is InChI=1S/C24H32F2N2O4/c1-2-32-23(31)24(16-18-9-10-19(25)15-20(18)26)11-6-14-28(17-24)22(30)8-5-13-27-12-4-3-7-21(27)29/h9-10,15H,2-8,11-14,16-17H2,1H3. The van der Waals surface area contributed by atoms with Gasteiger partial charge in [0.2, 0.25) is 11.8 Å². The molecule has 32 heavy (non-hydrogen) atoms. The topological polar surface area (TPSA) is 66.9 Å². The molecule has 1 atom stereocenters. The molecule has 2 heterocycles. The summed E-state index contributed by atoms with van der Waals surface area (Å²) in [6.07, 6.45) is 4.45. The van der Waals surface area contributed by atoms with Crippen LogP contribution in [0.4, 0.5) is 8.78 Å². The molecule has 1 unspecified atom stereocenters. The van der Waals surface area contributed by atoms with E-state index in [1.807, 2.05) is 4.90 Å². The van der Waals surface area contributed by atoms with Gasteiger partial charge in [-0.2, -0.15) is 0 Å². The predicted molar refractivity (Wildman–Crippen MR) is 115 cm³/mol. The lowest BCUT2D eigenvalue weighted by atomic mass is 9.74. The molecule has 8 heteroatoms. The monoisotopic (exact) mass is 450 g/mol. The van der Waals surface area contributed by atoms with Crippen LogP contribution in [0.5, 0.6) is 0 Å². The number of piperidine rings is 2. The van der Waals surface area contributed by atoms with Gasteiger partial charge >= 0.3 is 5.97 Å². The normalized spacial score (nSPS) is 21.5. The van der Waals surface area contributed by atoms with E-state index in [9.17, 15) is 23.2 Å². The smallest absolute Gasteiger partial charge is 0.314 e. The molecule has 176 valence electrons. The van der Waals surface area contributed by atoms with E-state index in [0.717, 1.165) is 25.5 Å². The third kappa shape index (κ3) is 5.84. The van der Waals surface area contributed by atoms with Crippen LogP contribution in [0.2, 0.25) is 0 Å². The van der Waals surface area contributed by atoms with E-state index in [4.69, 9.17) is 4.74 Å². The minimum Gasteiger partial charge on any atom is -0.466 e. The molecule has 2 saturated heterocycles. The van der Waals surface area contributed by atoms with E-state index in [0.29, 0.717) is 38.8 Å². The Balaban J connectivity index is 1.66. The van der Waals surface area contributed by atoms with Crippen molar-refractivity contribution in [2.24, 2.45) is 5.41 Å². The second-order valence-electron chi connectivity index (χ2n) is 8.77. The molecule has 2 aliphatic heterocycles. The van der Waals surface area contributed by atoms with E-state index >= 15 is 0 Å². The molecule has 0 N–H and O–H groups in total. The molecule has 2 fully saturated rings. The number of likely N-dealkylation sites (tertiary alicyclic amines) is 2. The number of ether oxygens (including phenoxy) is 1. The van der Waals surface area contributed by atoms with Gasteiger partial charge < -0.3 is 14.5 Å². The summed E-state index contributed by atoms with van der Waals surface area (Å²) in [5.74, 6) is -1.78. The van der Waals surface area contributed by atoms with Gasteiger partial charge in [0.25, 0.3) is 0 Å². The first-order valence-electron chi connectivity index (χ1n) is 11.5. The number of carbonyl (C=O) groups excluding carboxylic acids is 3. The Kier molecular flexibility index (Phi) is 8.21. The highest BCUT2D eigenvalue weighted by atomic mass is 19.1. The van der Waals surface area contributed by atoms with E-state index in [1.165, 1.54) is 12.1 Å². The Labute approximate surface area is 187 Å². The van der Waals surface area contributed by atoms with Gasteiger partial charge in [0, 0.05) is 45.1 Å². The number of esters is 1. The fourth-order valence-corrected chi connectivity index (χ4v) is 4.72. The van der Waals surface area contributed by atoms with Gasteiger partial charge in [-0.25, -0.2) is 8.78 Å². The van der Waals surface area contributed by atoms with Gasteiger partial charge in [-0.1, -0.05) is 6.07 Å². The SMILES string of the molecule is CCOC(=O)C1(Cc2ccc(F)cc2F)CCCN(C(=O)CCCN2CCCCC2=O)C1. The number of rotatable bonds is 8. The molecular formula is C24H32F2N2O4. The van der Waals surface area contributed by atoms with Crippen LogP contribution in [0.3, 0.4) is 0 Å². The van der Waals surface area contributed by atoms with Crippen LogP contribution in [0.15, 0.2) is 18.2 Å². The van der Waals surface area contributed by atoms with Crippen LogP contribution < -0.4 is 0 Å². The fourth-order valence-electron chi connectivity index (χ4n) is 4.72. The van der Waals surface area contributed by atoms with Crippen LogP contribution in [-0.2, 0) is 25.5 Å². The molecule has 0 aliphatic carbocycles. The number of amides is 2. The summed E-state index contributed by atoms with van der Waals surface area (Å²) >= 11 is 0. The number of halogens is 2. The van der Waals surface area contributed by atoms with Gasteiger partial charge in [0.05, 0.1) is 12.0 Å². The lowest BCUT2D eigenvalue weighted by Gasteiger charge is -2.41. The summed E-state index contributed by atoms with van der Waals surface area (Å²) in [5, 5.41) is 0. The first-order valence-corrected chi connectivity index (χ1v) is 11.5. The highest BCUT2D eigenvalue weighted by Gasteiger charge is 2.45. The van der Waals surface area contributed by atoms with Crippen molar-refractivity contribution >= 4 is 17.8 Å². The Morgan fingerprint density at radius 3 is 2.69 bits per heavy atom. The van der Waals surface area contributed by atoms with Gasteiger partial charge in [-0.3, -0.25) is 14.4 Å². The fraction of sp³-hybridized carbons (Fsp3) is 0.625. The molecule has 1 aromatic carbocycles. The van der Waals surface area contributed by atoms with Crippen LogP contribution in [0.25, 0.3) is 0 Å². The van der Waals surface area contributed by atoms with Crippen molar-refractivity contribution in [3.8, 4) is 0 Å². The maximum absolute atomic E-state index is 14.4. The molecule has 6 nitrogen and oxygen atoms in total. The predicted octanol–water partition coefficient (Wildman–Crippen LogP) is 3.47. The van der Waals surface area contributed by atoms with Crippen LogP contribution >= 0.6 is 0 Å². The largest absolute Gasteiger partial charge is 0.466 e. The third-order valence-electron chi connectivity index (χ3n) is 6.42. The molecule has 0 aromatic heterocycles. The van der Waals surface area contributed by atoms with E-state index < -0.39 is 23.0 Å². The van der Waals surface area contributed by atoms with E-state index in [2.05, 4.69) is 0 Å². The average molecular weight is 451 g/mol. The molecule has 0 spiro atoms. The maximum atomic E-state index is 14.4. The minimum absolute atomic E-state index is 0.0456. The molecule has 0 saturated carbocycles. The quantitative estimate of drug-likeness (QED) is 0.569. The second kappa shape index (κ2) is 10.9. The number of carbonyl (C=O) groups is 3. The minimum atomic E-state index is -1.06. The molecule has 3 rings (SSSR count). The summed E-state index contributed by atoms with van der Waals surface area (Å²) in [7, 11) is 0. The maximum Gasteiger partial charge on any atom is 0.314 e. The first kappa shape index (κ1) is 24.1. The zero-order valence-corrected chi connectivity index (χ0v) is 18.7. The highest BCUT2D eigenvalue weighted by Crippen LogP contribution is 2.36. The van der Waals surface area contributed by atoms with Crippen LogP contribution in [0.1, 0.15) is 57.4 Å². The Morgan fingerprint density at radius 1 is 1.16 bits per heavy atom.